The van der Waals surface area contributed by atoms with Crippen molar-refractivity contribution in [3.8, 4) is 5.75 Å². The first kappa shape index (κ1) is 16.0. The van der Waals surface area contributed by atoms with Crippen molar-refractivity contribution in [1.82, 2.24) is 14.8 Å². The van der Waals surface area contributed by atoms with Crippen molar-refractivity contribution in [2.75, 3.05) is 18.2 Å². The first-order valence-electron chi connectivity index (χ1n) is 8.02. The summed E-state index contributed by atoms with van der Waals surface area (Å²) in [4.78, 5) is 4.34. The minimum absolute atomic E-state index is 0.0608. The standard InChI is InChI=1S/C18H18BrN5O/c1-25-14-7-5-11(6-8-14)15-10-16(12-3-2-4-13(19)9-12)24-18(21-15)22-17(20)23-24/h2-9,15-16H,10H2,1H3,(H3,20,21,22,23). The summed E-state index contributed by atoms with van der Waals surface area (Å²) in [5.74, 6) is 1.81. The Balaban J connectivity index is 1.73. The molecule has 2 heterocycles. The Bertz CT molecular complexity index is 893. The molecular weight excluding hydrogens is 382 g/mol. The molecule has 0 aliphatic carbocycles. The molecule has 0 saturated carbocycles. The predicted octanol–water partition coefficient (Wildman–Crippen LogP) is 3.78. The molecule has 25 heavy (non-hydrogen) atoms. The normalized spacial score (nSPS) is 19.1. The SMILES string of the molecule is COc1ccc(C2CC(c3cccc(Br)c3)n3nc(N)nc3N2)cc1. The number of anilines is 2. The zero-order valence-electron chi connectivity index (χ0n) is 13.7. The molecule has 6 nitrogen and oxygen atoms in total. The van der Waals surface area contributed by atoms with Crippen LogP contribution in [0.3, 0.4) is 0 Å². The summed E-state index contributed by atoms with van der Waals surface area (Å²) in [6.07, 6.45) is 0.846. The molecule has 0 fully saturated rings. The quantitative estimate of drug-likeness (QED) is 0.700. The van der Waals surface area contributed by atoms with Crippen molar-refractivity contribution in [1.29, 1.82) is 0 Å². The van der Waals surface area contributed by atoms with Crippen LogP contribution >= 0.6 is 15.9 Å². The number of benzene rings is 2. The smallest absolute Gasteiger partial charge is 0.241 e. The third-order valence-corrected chi connectivity index (χ3v) is 4.95. The molecule has 0 bridgehead atoms. The summed E-state index contributed by atoms with van der Waals surface area (Å²) in [6.45, 7) is 0. The van der Waals surface area contributed by atoms with Gasteiger partial charge in [-0.15, -0.1) is 5.10 Å². The van der Waals surface area contributed by atoms with Gasteiger partial charge in [-0.05, 0) is 41.8 Å². The van der Waals surface area contributed by atoms with Crippen LogP contribution in [0.25, 0.3) is 0 Å². The van der Waals surface area contributed by atoms with E-state index in [1.165, 1.54) is 11.1 Å². The van der Waals surface area contributed by atoms with E-state index in [9.17, 15) is 0 Å². The first-order valence-corrected chi connectivity index (χ1v) is 8.81. The van der Waals surface area contributed by atoms with Crippen molar-refractivity contribution in [3.63, 3.8) is 0 Å². The fourth-order valence-electron chi connectivity index (χ4n) is 3.24. The molecule has 0 radical (unpaired) electrons. The Morgan fingerprint density at radius 2 is 2.00 bits per heavy atom. The Hall–Kier alpha value is -2.54. The summed E-state index contributed by atoms with van der Waals surface area (Å²) >= 11 is 3.55. The minimum Gasteiger partial charge on any atom is -0.497 e. The van der Waals surface area contributed by atoms with Crippen LogP contribution in [0.4, 0.5) is 11.9 Å². The molecule has 2 aromatic carbocycles. The van der Waals surface area contributed by atoms with E-state index in [1.807, 2.05) is 28.9 Å². The molecule has 7 heteroatoms. The molecule has 2 atom stereocenters. The van der Waals surface area contributed by atoms with Crippen LogP contribution in [0.1, 0.15) is 29.6 Å². The molecule has 4 rings (SSSR count). The van der Waals surface area contributed by atoms with Crippen LogP contribution in [-0.4, -0.2) is 21.9 Å². The van der Waals surface area contributed by atoms with Crippen LogP contribution in [0.5, 0.6) is 5.75 Å². The fraction of sp³-hybridized carbons (Fsp3) is 0.222. The monoisotopic (exact) mass is 399 g/mol. The lowest BCUT2D eigenvalue weighted by atomic mass is 9.93. The number of fused-ring (bicyclic) bond motifs is 1. The zero-order valence-corrected chi connectivity index (χ0v) is 15.3. The van der Waals surface area contributed by atoms with Crippen LogP contribution in [0, 0.1) is 0 Å². The fourth-order valence-corrected chi connectivity index (χ4v) is 3.66. The Morgan fingerprint density at radius 1 is 1.20 bits per heavy atom. The maximum Gasteiger partial charge on any atom is 0.241 e. The highest BCUT2D eigenvalue weighted by atomic mass is 79.9. The second-order valence-corrected chi connectivity index (χ2v) is 6.93. The van der Waals surface area contributed by atoms with Gasteiger partial charge in [0.2, 0.25) is 11.9 Å². The zero-order chi connectivity index (χ0) is 17.4. The van der Waals surface area contributed by atoms with Gasteiger partial charge in [0.1, 0.15) is 5.75 Å². The van der Waals surface area contributed by atoms with Gasteiger partial charge in [-0.2, -0.15) is 4.98 Å². The molecule has 3 aromatic rings. The van der Waals surface area contributed by atoms with Crippen molar-refractivity contribution in [2.24, 2.45) is 0 Å². The van der Waals surface area contributed by atoms with E-state index in [0.717, 1.165) is 16.6 Å². The summed E-state index contributed by atoms with van der Waals surface area (Å²) in [7, 11) is 1.67. The first-order chi connectivity index (χ1) is 12.1. The lowest BCUT2D eigenvalue weighted by Crippen LogP contribution is -2.28. The van der Waals surface area contributed by atoms with Crippen LogP contribution < -0.4 is 15.8 Å². The lowest BCUT2D eigenvalue weighted by Gasteiger charge is -2.31. The average Bonchev–Trinajstić information content (AvgIpc) is 3.01. The second kappa shape index (κ2) is 6.40. The number of hydrogen-bond acceptors (Lipinski definition) is 5. The number of hydrogen-bond donors (Lipinski definition) is 2. The van der Waals surface area contributed by atoms with Crippen LogP contribution in [0.15, 0.2) is 53.0 Å². The summed E-state index contributed by atoms with van der Waals surface area (Å²) in [5, 5.41) is 7.82. The van der Waals surface area contributed by atoms with E-state index in [2.05, 4.69) is 55.6 Å². The van der Waals surface area contributed by atoms with Gasteiger partial charge in [0.15, 0.2) is 0 Å². The van der Waals surface area contributed by atoms with E-state index in [4.69, 9.17) is 10.5 Å². The summed E-state index contributed by atoms with van der Waals surface area (Å²) < 4.78 is 8.16. The minimum atomic E-state index is 0.0608. The molecule has 1 aliphatic heterocycles. The lowest BCUT2D eigenvalue weighted by molar-refractivity contribution is 0.413. The van der Waals surface area contributed by atoms with Crippen molar-refractivity contribution in [2.45, 2.75) is 18.5 Å². The van der Waals surface area contributed by atoms with Crippen LogP contribution in [-0.2, 0) is 0 Å². The van der Waals surface area contributed by atoms with E-state index >= 15 is 0 Å². The van der Waals surface area contributed by atoms with Crippen LogP contribution in [0.2, 0.25) is 0 Å². The molecule has 2 unspecified atom stereocenters. The molecule has 0 spiro atoms. The third kappa shape index (κ3) is 3.07. The summed E-state index contributed by atoms with van der Waals surface area (Å²) in [5.41, 5.74) is 8.18. The number of rotatable bonds is 3. The maximum absolute atomic E-state index is 5.84. The molecule has 1 aromatic heterocycles. The number of ether oxygens (including phenoxy) is 1. The summed E-state index contributed by atoms with van der Waals surface area (Å²) in [6, 6.07) is 16.5. The molecule has 3 N–H and O–H groups in total. The van der Waals surface area contributed by atoms with E-state index in [-0.39, 0.29) is 18.0 Å². The maximum atomic E-state index is 5.84. The number of nitrogens with zero attached hydrogens (tertiary/aromatic N) is 3. The number of halogens is 1. The van der Waals surface area contributed by atoms with Crippen molar-refractivity contribution in [3.05, 3.63) is 64.1 Å². The number of nitrogens with two attached hydrogens (primary N) is 1. The van der Waals surface area contributed by atoms with Gasteiger partial charge in [-0.3, -0.25) is 0 Å². The molecule has 128 valence electrons. The Morgan fingerprint density at radius 3 is 2.72 bits per heavy atom. The largest absolute Gasteiger partial charge is 0.497 e. The molecular formula is C18H18BrN5O. The van der Waals surface area contributed by atoms with Crippen molar-refractivity contribution >= 4 is 27.8 Å². The second-order valence-electron chi connectivity index (χ2n) is 6.01. The number of aromatic nitrogens is 3. The average molecular weight is 400 g/mol. The van der Waals surface area contributed by atoms with Gasteiger partial charge < -0.3 is 15.8 Å². The van der Waals surface area contributed by atoms with Gasteiger partial charge in [-0.1, -0.05) is 40.2 Å². The molecule has 0 amide bonds. The predicted molar refractivity (Wildman–Crippen MR) is 101 cm³/mol. The molecule has 0 saturated heterocycles. The van der Waals surface area contributed by atoms with Gasteiger partial charge >= 0.3 is 0 Å². The van der Waals surface area contributed by atoms with E-state index < -0.39 is 0 Å². The molecule has 1 aliphatic rings. The van der Waals surface area contributed by atoms with Gasteiger partial charge in [-0.25, -0.2) is 4.68 Å². The van der Waals surface area contributed by atoms with Crippen molar-refractivity contribution < 1.29 is 4.74 Å². The Labute approximate surface area is 154 Å². The Kier molecular flexibility index (Phi) is 4.09. The number of nitrogen functional groups attached to an aromatic ring is 1. The van der Waals surface area contributed by atoms with Gasteiger partial charge in [0.25, 0.3) is 0 Å². The third-order valence-electron chi connectivity index (χ3n) is 4.46. The van der Waals surface area contributed by atoms with Gasteiger partial charge in [0, 0.05) is 4.47 Å². The van der Waals surface area contributed by atoms with E-state index in [1.54, 1.807) is 7.11 Å². The number of nitrogens with one attached hydrogen (secondary N) is 1. The highest BCUT2D eigenvalue weighted by Crippen LogP contribution is 2.38. The van der Waals surface area contributed by atoms with E-state index in [0.29, 0.717) is 5.95 Å². The van der Waals surface area contributed by atoms with Gasteiger partial charge in [0.05, 0.1) is 19.2 Å². The highest BCUT2D eigenvalue weighted by molar-refractivity contribution is 9.10. The number of methoxy groups -OCH3 is 1. The topological polar surface area (TPSA) is 78.0 Å². The highest BCUT2D eigenvalue weighted by Gasteiger charge is 2.30.